The first kappa shape index (κ1) is 13.4. The van der Waals surface area contributed by atoms with Crippen molar-refractivity contribution in [1.29, 1.82) is 5.41 Å². The molecule has 19 heavy (non-hydrogen) atoms. The molecule has 6 heteroatoms. The first-order valence-electron chi connectivity index (χ1n) is 5.74. The fraction of sp³-hybridized carbons (Fsp3) is 0.231. The summed E-state index contributed by atoms with van der Waals surface area (Å²) in [6.07, 6.45) is 0. The zero-order chi connectivity index (χ0) is 14.0. The maximum atomic E-state index is 7.54. The number of nitrogens with zero attached hydrogens (tertiary/aromatic N) is 2. The summed E-state index contributed by atoms with van der Waals surface area (Å²) in [5, 5.41) is 12.2. The van der Waals surface area contributed by atoms with Gasteiger partial charge in [-0.2, -0.15) is 5.10 Å². The minimum atomic E-state index is -0.109. The quantitative estimate of drug-likeness (QED) is 0.665. The molecule has 100 valence electrons. The van der Waals surface area contributed by atoms with Crippen LogP contribution in [0.15, 0.2) is 24.3 Å². The van der Waals surface area contributed by atoms with Gasteiger partial charge in [0.05, 0.1) is 22.0 Å². The Morgan fingerprint density at radius 2 is 2.26 bits per heavy atom. The third-order valence-electron chi connectivity index (χ3n) is 2.72. The maximum absolute atomic E-state index is 7.54. The maximum Gasteiger partial charge on any atom is 0.132 e. The molecule has 2 aromatic rings. The van der Waals surface area contributed by atoms with Crippen LogP contribution < -0.4 is 10.5 Å². The van der Waals surface area contributed by atoms with Gasteiger partial charge in [-0.05, 0) is 25.1 Å². The van der Waals surface area contributed by atoms with Crippen LogP contribution in [0.4, 0.5) is 0 Å². The van der Waals surface area contributed by atoms with E-state index in [9.17, 15) is 0 Å². The molecule has 0 amide bonds. The Balaban J connectivity index is 2.22. The highest BCUT2D eigenvalue weighted by molar-refractivity contribution is 6.34. The Morgan fingerprint density at radius 1 is 1.53 bits per heavy atom. The van der Waals surface area contributed by atoms with Gasteiger partial charge in [-0.15, -0.1) is 0 Å². The number of nitrogen functional groups attached to an aromatic ring is 1. The number of aryl methyl sites for hydroxylation is 2. The second-order valence-electron chi connectivity index (χ2n) is 4.22. The van der Waals surface area contributed by atoms with Crippen molar-refractivity contribution in [3.63, 3.8) is 0 Å². The standard InChI is InChI=1S/C13H15ClN4O/c1-8-6-9(18(2)17-8)7-19-11-5-3-4-10(14)12(11)13(15)16/h3-6H,7H2,1-2H3,(H3,15,16). The van der Waals surface area contributed by atoms with Gasteiger partial charge in [-0.3, -0.25) is 10.1 Å². The normalized spacial score (nSPS) is 10.5. The molecular formula is C13H15ClN4O. The molecule has 0 atom stereocenters. The van der Waals surface area contributed by atoms with Gasteiger partial charge in [0.15, 0.2) is 0 Å². The summed E-state index contributed by atoms with van der Waals surface area (Å²) in [6.45, 7) is 2.27. The smallest absolute Gasteiger partial charge is 0.132 e. The Hall–Kier alpha value is -2.01. The number of nitrogens with one attached hydrogen (secondary N) is 1. The van der Waals surface area contributed by atoms with Crippen molar-refractivity contribution in [2.75, 3.05) is 0 Å². The van der Waals surface area contributed by atoms with Gasteiger partial charge in [0.2, 0.25) is 0 Å². The number of benzene rings is 1. The van der Waals surface area contributed by atoms with E-state index in [-0.39, 0.29) is 5.84 Å². The fourth-order valence-corrected chi connectivity index (χ4v) is 2.10. The van der Waals surface area contributed by atoms with Gasteiger partial charge >= 0.3 is 0 Å². The lowest BCUT2D eigenvalue weighted by atomic mass is 10.2. The molecule has 1 aromatic heterocycles. The molecule has 0 aliphatic heterocycles. The van der Waals surface area contributed by atoms with E-state index in [2.05, 4.69) is 5.10 Å². The highest BCUT2D eigenvalue weighted by Gasteiger charge is 2.12. The molecule has 0 saturated carbocycles. The number of halogens is 1. The monoisotopic (exact) mass is 278 g/mol. The van der Waals surface area contributed by atoms with E-state index in [0.29, 0.717) is 22.9 Å². The Bertz CT molecular complexity index is 621. The number of rotatable bonds is 4. The van der Waals surface area contributed by atoms with Crippen LogP contribution in [0, 0.1) is 12.3 Å². The van der Waals surface area contributed by atoms with Crippen LogP contribution in [-0.2, 0) is 13.7 Å². The second kappa shape index (κ2) is 5.32. The average Bonchev–Trinajstić information content (AvgIpc) is 2.64. The average molecular weight is 279 g/mol. The van der Waals surface area contributed by atoms with Crippen LogP contribution in [-0.4, -0.2) is 15.6 Å². The first-order valence-corrected chi connectivity index (χ1v) is 6.12. The van der Waals surface area contributed by atoms with Crippen LogP contribution >= 0.6 is 11.6 Å². The Morgan fingerprint density at radius 3 is 2.84 bits per heavy atom. The Labute approximate surface area is 116 Å². The van der Waals surface area contributed by atoms with Crippen LogP contribution in [0.5, 0.6) is 5.75 Å². The molecule has 0 spiro atoms. The van der Waals surface area contributed by atoms with Crippen LogP contribution in [0.3, 0.4) is 0 Å². The van der Waals surface area contributed by atoms with Crippen molar-refractivity contribution >= 4 is 17.4 Å². The number of hydrogen-bond donors (Lipinski definition) is 2. The fourth-order valence-electron chi connectivity index (χ4n) is 1.84. The molecule has 0 saturated heterocycles. The van der Waals surface area contributed by atoms with E-state index in [1.54, 1.807) is 22.9 Å². The highest BCUT2D eigenvalue weighted by Crippen LogP contribution is 2.26. The SMILES string of the molecule is Cc1cc(COc2cccc(Cl)c2C(=N)N)n(C)n1. The number of ether oxygens (including phenoxy) is 1. The third-order valence-corrected chi connectivity index (χ3v) is 3.03. The van der Waals surface area contributed by atoms with Crippen molar-refractivity contribution in [3.8, 4) is 5.75 Å². The first-order chi connectivity index (χ1) is 8.99. The topological polar surface area (TPSA) is 76.9 Å². The molecule has 0 fully saturated rings. The van der Waals surface area contributed by atoms with E-state index in [0.717, 1.165) is 11.4 Å². The lowest BCUT2D eigenvalue weighted by molar-refractivity contribution is 0.294. The summed E-state index contributed by atoms with van der Waals surface area (Å²) in [7, 11) is 1.86. The lowest BCUT2D eigenvalue weighted by Gasteiger charge is -2.11. The van der Waals surface area contributed by atoms with Gasteiger partial charge in [-0.1, -0.05) is 17.7 Å². The van der Waals surface area contributed by atoms with Crippen molar-refractivity contribution in [3.05, 3.63) is 46.2 Å². The molecule has 2 rings (SSSR count). The van der Waals surface area contributed by atoms with Crippen molar-refractivity contribution < 1.29 is 4.74 Å². The van der Waals surface area contributed by atoms with Gasteiger partial charge in [0, 0.05) is 7.05 Å². The number of amidine groups is 1. The molecule has 5 nitrogen and oxygen atoms in total. The lowest BCUT2D eigenvalue weighted by Crippen LogP contribution is -2.14. The van der Waals surface area contributed by atoms with E-state index in [1.807, 2.05) is 20.0 Å². The molecule has 0 bridgehead atoms. The van der Waals surface area contributed by atoms with Crippen LogP contribution in [0.25, 0.3) is 0 Å². The third kappa shape index (κ3) is 2.88. The molecule has 0 unspecified atom stereocenters. The highest BCUT2D eigenvalue weighted by atomic mass is 35.5. The Kier molecular flexibility index (Phi) is 3.76. The van der Waals surface area contributed by atoms with Gasteiger partial charge in [-0.25, -0.2) is 0 Å². The van der Waals surface area contributed by atoms with Gasteiger partial charge < -0.3 is 10.5 Å². The molecular weight excluding hydrogens is 264 g/mol. The minimum absolute atomic E-state index is 0.109. The molecule has 3 N–H and O–H groups in total. The summed E-state index contributed by atoms with van der Waals surface area (Å²) in [5.74, 6) is 0.389. The number of aromatic nitrogens is 2. The summed E-state index contributed by atoms with van der Waals surface area (Å²) < 4.78 is 7.45. The van der Waals surface area contributed by atoms with E-state index in [1.165, 1.54) is 0 Å². The van der Waals surface area contributed by atoms with E-state index >= 15 is 0 Å². The molecule has 0 radical (unpaired) electrons. The van der Waals surface area contributed by atoms with E-state index < -0.39 is 0 Å². The predicted molar refractivity (Wildman–Crippen MR) is 74.7 cm³/mol. The van der Waals surface area contributed by atoms with Crippen molar-refractivity contribution in [1.82, 2.24) is 9.78 Å². The zero-order valence-electron chi connectivity index (χ0n) is 10.8. The van der Waals surface area contributed by atoms with Gasteiger partial charge in [0.1, 0.15) is 18.2 Å². The van der Waals surface area contributed by atoms with Crippen molar-refractivity contribution in [2.24, 2.45) is 12.8 Å². The summed E-state index contributed by atoms with van der Waals surface area (Å²) >= 11 is 6.02. The molecule has 0 aliphatic rings. The van der Waals surface area contributed by atoms with Crippen molar-refractivity contribution in [2.45, 2.75) is 13.5 Å². The number of nitrogens with two attached hydrogens (primary N) is 1. The summed E-state index contributed by atoms with van der Waals surface area (Å²) in [5.41, 5.74) is 7.81. The molecule has 1 heterocycles. The number of hydrogen-bond acceptors (Lipinski definition) is 3. The zero-order valence-corrected chi connectivity index (χ0v) is 11.5. The predicted octanol–water partition coefficient (Wildman–Crippen LogP) is 2.24. The molecule has 0 aliphatic carbocycles. The van der Waals surface area contributed by atoms with Crippen LogP contribution in [0.1, 0.15) is 17.0 Å². The second-order valence-corrected chi connectivity index (χ2v) is 4.62. The molecule has 1 aromatic carbocycles. The summed E-state index contributed by atoms with van der Waals surface area (Å²) in [4.78, 5) is 0. The van der Waals surface area contributed by atoms with Gasteiger partial charge in [0.25, 0.3) is 0 Å². The minimum Gasteiger partial charge on any atom is -0.486 e. The summed E-state index contributed by atoms with van der Waals surface area (Å²) in [6, 6.07) is 7.13. The van der Waals surface area contributed by atoms with Crippen LogP contribution in [0.2, 0.25) is 5.02 Å². The van der Waals surface area contributed by atoms with E-state index in [4.69, 9.17) is 27.5 Å². The largest absolute Gasteiger partial charge is 0.486 e.